The Kier molecular flexibility index (Phi) is 3.14. The summed E-state index contributed by atoms with van der Waals surface area (Å²) < 4.78 is 2.01. The zero-order chi connectivity index (χ0) is 12.5. The Labute approximate surface area is 111 Å². The summed E-state index contributed by atoms with van der Waals surface area (Å²) in [6.45, 7) is 1.10. The highest BCUT2D eigenvalue weighted by Gasteiger charge is 2.17. The maximum Gasteiger partial charge on any atom is 0.155 e. The molecule has 1 aliphatic rings. The minimum Gasteiger partial charge on any atom is -0.398 e. The van der Waals surface area contributed by atoms with Crippen LogP contribution in [0.15, 0.2) is 18.3 Å². The molecule has 96 valence electrons. The second-order valence-corrected chi connectivity index (χ2v) is 5.25. The summed E-state index contributed by atoms with van der Waals surface area (Å²) in [5.41, 5.74) is 7.49. The minimum atomic E-state index is 0.502. The van der Waals surface area contributed by atoms with Gasteiger partial charge in [-0.25, -0.2) is 4.98 Å². The number of nitrogen functional groups attached to an aromatic ring is 1. The molecule has 3 N–H and O–H groups in total. The third kappa shape index (κ3) is 2.18. The fraction of sp³-hybridized carbons (Fsp3) is 0.462. The van der Waals surface area contributed by atoms with Crippen molar-refractivity contribution in [3.63, 3.8) is 0 Å². The first kappa shape index (κ1) is 11.8. The van der Waals surface area contributed by atoms with Crippen LogP contribution in [0.4, 0.5) is 5.69 Å². The van der Waals surface area contributed by atoms with Crippen LogP contribution in [0.5, 0.6) is 0 Å². The number of imidazole rings is 1. The van der Waals surface area contributed by atoms with Gasteiger partial charge in [0.05, 0.1) is 5.52 Å². The predicted octanol–water partition coefficient (Wildman–Crippen LogP) is 2.25. The lowest BCUT2D eigenvalue weighted by atomic mass is 10.0. The lowest BCUT2D eigenvalue weighted by molar-refractivity contribution is 0.394. The number of hydrogen-bond acceptors (Lipinski definition) is 3. The van der Waals surface area contributed by atoms with E-state index in [1.807, 2.05) is 22.7 Å². The first-order chi connectivity index (χ1) is 8.74. The van der Waals surface area contributed by atoms with E-state index in [0.29, 0.717) is 11.2 Å². The van der Waals surface area contributed by atoms with Crippen molar-refractivity contribution in [2.75, 3.05) is 12.3 Å². The number of halogens is 1. The molecule has 1 aliphatic heterocycles. The van der Waals surface area contributed by atoms with E-state index in [1.54, 1.807) is 0 Å². The highest BCUT2D eigenvalue weighted by Crippen LogP contribution is 2.22. The number of hydrogen-bond donors (Lipinski definition) is 2. The van der Waals surface area contributed by atoms with Crippen LogP contribution in [-0.2, 0) is 6.42 Å². The zero-order valence-electron chi connectivity index (χ0n) is 10.2. The number of pyridine rings is 1. The summed E-state index contributed by atoms with van der Waals surface area (Å²) >= 11 is 6.15. The summed E-state index contributed by atoms with van der Waals surface area (Å²) in [5.74, 6) is 0.988. The second-order valence-electron chi connectivity index (χ2n) is 4.89. The zero-order valence-corrected chi connectivity index (χ0v) is 11.0. The van der Waals surface area contributed by atoms with Crippen molar-refractivity contribution < 1.29 is 0 Å². The molecular formula is C13H17ClN4. The molecule has 0 amide bonds. The Morgan fingerprint density at radius 3 is 3.11 bits per heavy atom. The van der Waals surface area contributed by atoms with E-state index in [-0.39, 0.29) is 0 Å². The molecule has 0 saturated carbocycles. The van der Waals surface area contributed by atoms with E-state index < -0.39 is 0 Å². The number of fused-ring (bicyclic) bond motifs is 1. The molecule has 4 nitrogen and oxygen atoms in total. The standard InChI is InChI=1S/C13H17ClN4/c14-13-11-5-4-9(15)8-18(11)12(17-13)7-10-3-1-2-6-16-10/h4-5,8,10,16H,1-3,6-7,15H2. The van der Waals surface area contributed by atoms with Gasteiger partial charge in [0.15, 0.2) is 5.15 Å². The normalized spacial score (nSPS) is 20.4. The van der Waals surface area contributed by atoms with E-state index >= 15 is 0 Å². The SMILES string of the molecule is Nc1ccc2c(Cl)nc(CC3CCCCN3)n2c1. The van der Waals surface area contributed by atoms with Gasteiger partial charge in [0.2, 0.25) is 0 Å². The maximum atomic E-state index is 6.15. The van der Waals surface area contributed by atoms with Gasteiger partial charge >= 0.3 is 0 Å². The molecule has 3 heterocycles. The Bertz CT molecular complexity index is 557. The third-order valence-corrected chi connectivity index (χ3v) is 3.81. The summed E-state index contributed by atoms with van der Waals surface area (Å²) in [4.78, 5) is 4.46. The van der Waals surface area contributed by atoms with Crippen LogP contribution in [0, 0.1) is 0 Å². The molecule has 1 fully saturated rings. The summed E-state index contributed by atoms with van der Waals surface area (Å²) in [7, 11) is 0. The molecule has 5 heteroatoms. The van der Waals surface area contributed by atoms with Crippen molar-refractivity contribution >= 4 is 22.8 Å². The van der Waals surface area contributed by atoms with Crippen LogP contribution >= 0.6 is 11.6 Å². The molecule has 2 aromatic rings. The van der Waals surface area contributed by atoms with Crippen LogP contribution in [0.25, 0.3) is 5.52 Å². The van der Waals surface area contributed by atoms with Crippen molar-refractivity contribution in [2.45, 2.75) is 31.7 Å². The van der Waals surface area contributed by atoms with Crippen LogP contribution < -0.4 is 11.1 Å². The van der Waals surface area contributed by atoms with Gasteiger partial charge < -0.3 is 15.5 Å². The van der Waals surface area contributed by atoms with Gasteiger partial charge in [0, 0.05) is 24.3 Å². The molecule has 2 aromatic heterocycles. The Hall–Kier alpha value is -1.26. The van der Waals surface area contributed by atoms with E-state index in [2.05, 4.69) is 10.3 Å². The topological polar surface area (TPSA) is 55.3 Å². The third-order valence-electron chi connectivity index (χ3n) is 3.53. The summed E-state index contributed by atoms with van der Waals surface area (Å²) in [6, 6.07) is 4.27. The maximum absolute atomic E-state index is 6.15. The average Bonchev–Trinajstić information content (AvgIpc) is 2.67. The largest absolute Gasteiger partial charge is 0.398 e. The fourth-order valence-electron chi connectivity index (χ4n) is 2.59. The monoisotopic (exact) mass is 264 g/mol. The fourth-order valence-corrected chi connectivity index (χ4v) is 2.84. The highest BCUT2D eigenvalue weighted by molar-refractivity contribution is 6.32. The molecule has 1 saturated heterocycles. The molecule has 0 aromatic carbocycles. The van der Waals surface area contributed by atoms with Crippen molar-refractivity contribution in [3.8, 4) is 0 Å². The van der Waals surface area contributed by atoms with Gasteiger partial charge in [0.25, 0.3) is 0 Å². The van der Waals surface area contributed by atoms with Crippen molar-refractivity contribution in [1.29, 1.82) is 0 Å². The van der Waals surface area contributed by atoms with Crippen LogP contribution in [-0.4, -0.2) is 22.0 Å². The first-order valence-electron chi connectivity index (χ1n) is 6.39. The van der Waals surface area contributed by atoms with Gasteiger partial charge in [-0.2, -0.15) is 0 Å². The highest BCUT2D eigenvalue weighted by atomic mass is 35.5. The van der Waals surface area contributed by atoms with Crippen molar-refractivity contribution in [1.82, 2.24) is 14.7 Å². The Morgan fingerprint density at radius 2 is 2.33 bits per heavy atom. The molecule has 0 aliphatic carbocycles. The second kappa shape index (κ2) is 4.78. The van der Waals surface area contributed by atoms with Crippen molar-refractivity contribution in [3.05, 3.63) is 29.3 Å². The van der Waals surface area contributed by atoms with Gasteiger partial charge in [-0.3, -0.25) is 0 Å². The molecule has 0 radical (unpaired) electrons. The number of piperidine rings is 1. The van der Waals surface area contributed by atoms with Gasteiger partial charge in [0.1, 0.15) is 5.82 Å². The molecule has 18 heavy (non-hydrogen) atoms. The Morgan fingerprint density at radius 1 is 1.44 bits per heavy atom. The average molecular weight is 265 g/mol. The Balaban J connectivity index is 1.93. The van der Waals surface area contributed by atoms with Crippen LogP contribution in [0.2, 0.25) is 5.15 Å². The minimum absolute atomic E-state index is 0.502. The number of nitrogens with two attached hydrogens (primary N) is 1. The van der Waals surface area contributed by atoms with E-state index in [9.17, 15) is 0 Å². The van der Waals surface area contributed by atoms with E-state index in [0.717, 1.165) is 30.0 Å². The number of nitrogens with zero attached hydrogens (tertiary/aromatic N) is 2. The van der Waals surface area contributed by atoms with E-state index in [1.165, 1.54) is 19.3 Å². The lowest BCUT2D eigenvalue weighted by Gasteiger charge is -2.22. The summed E-state index contributed by atoms with van der Waals surface area (Å²) in [6.07, 6.45) is 6.56. The van der Waals surface area contributed by atoms with Crippen molar-refractivity contribution in [2.24, 2.45) is 0 Å². The number of nitrogens with one attached hydrogen (secondary N) is 1. The number of rotatable bonds is 2. The lowest BCUT2D eigenvalue weighted by Crippen LogP contribution is -2.36. The van der Waals surface area contributed by atoms with Gasteiger partial charge in [-0.15, -0.1) is 0 Å². The smallest absolute Gasteiger partial charge is 0.155 e. The molecular weight excluding hydrogens is 248 g/mol. The van der Waals surface area contributed by atoms with Crippen LogP contribution in [0.3, 0.4) is 0 Å². The molecule has 3 rings (SSSR count). The number of aromatic nitrogens is 2. The molecule has 1 unspecified atom stereocenters. The van der Waals surface area contributed by atoms with Gasteiger partial charge in [-0.1, -0.05) is 18.0 Å². The first-order valence-corrected chi connectivity index (χ1v) is 6.77. The van der Waals surface area contributed by atoms with Crippen LogP contribution in [0.1, 0.15) is 25.1 Å². The summed E-state index contributed by atoms with van der Waals surface area (Å²) in [5, 5.41) is 4.08. The molecule has 0 spiro atoms. The number of anilines is 1. The quantitative estimate of drug-likeness (QED) is 0.875. The molecule has 0 bridgehead atoms. The molecule has 1 atom stereocenters. The van der Waals surface area contributed by atoms with E-state index in [4.69, 9.17) is 17.3 Å². The van der Waals surface area contributed by atoms with Gasteiger partial charge in [-0.05, 0) is 31.5 Å². The predicted molar refractivity (Wildman–Crippen MR) is 74.0 cm³/mol.